The van der Waals surface area contributed by atoms with Crippen LogP contribution in [0.2, 0.25) is 0 Å². The Hall–Kier alpha value is -0.790. The lowest BCUT2D eigenvalue weighted by Gasteiger charge is -2.09. The van der Waals surface area contributed by atoms with Crippen molar-refractivity contribution >= 4 is 59.5 Å². The number of anilines is 1. The van der Waals surface area contributed by atoms with Crippen molar-refractivity contribution in [1.29, 1.82) is 0 Å². The van der Waals surface area contributed by atoms with E-state index >= 15 is 0 Å². The molecule has 0 atom stereocenters. The number of hydrogen-bond donors (Lipinski definition) is 1. The highest BCUT2D eigenvalue weighted by Crippen LogP contribution is 2.23. The number of halogens is 3. The number of amides is 1. The fourth-order valence-electron chi connectivity index (χ4n) is 1.46. The number of nitrogens with one attached hydrogen (secondary N) is 1. The summed E-state index contributed by atoms with van der Waals surface area (Å²) in [6.07, 6.45) is 1.52. The van der Waals surface area contributed by atoms with Crippen LogP contribution in [-0.2, 0) is 0 Å². The van der Waals surface area contributed by atoms with Crippen LogP contribution in [0.25, 0.3) is 0 Å². The molecule has 1 heterocycles. The van der Waals surface area contributed by atoms with Gasteiger partial charge in [0.15, 0.2) is 5.82 Å². The van der Waals surface area contributed by atoms with Crippen LogP contribution in [0.15, 0.2) is 38.1 Å². The summed E-state index contributed by atoms with van der Waals surface area (Å²) >= 11 is 9.86. The molecule has 19 heavy (non-hydrogen) atoms. The predicted molar refractivity (Wildman–Crippen MR) is 84.3 cm³/mol. The van der Waals surface area contributed by atoms with Gasteiger partial charge in [-0.3, -0.25) is 4.79 Å². The van der Waals surface area contributed by atoms with Gasteiger partial charge in [0.2, 0.25) is 0 Å². The Morgan fingerprint density at radius 1 is 1.26 bits per heavy atom. The summed E-state index contributed by atoms with van der Waals surface area (Å²) in [5, 5.41) is 2.72. The van der Waals surface area contributed by atoms with Gasteiger partial charge in [-0.25, -0.2) is 9.97 Å². The van der Waals surface area contributed by atoms with Gasteiger partial charge in [-0.05, 0) is 56.5 Å². The summed E-state index contributed by atoms with van der Waals surface area (Å²) in [5.74, 6) is 0.156. The quantitative estimate of drug-likeness (QED) is 0.742. The average molecular weight is 450 g/mol. The van der Waals surface area contributed by atoms with Crippen LogP contribution in [0.4, 0.5) is 5.82 Å². The molecule has 2 aromatic rings. The molecule has 1 aromatic heterocycles. The average Bonchev–Trinajstić information content (AvgIpc) is 2.36. The predicted octanol–water partition coefficient (Wildman–Crippen LogP) is 4.32. The van der Waals surface area contributed by atoms with Crippen molar-refractivity contribution in [2.75, 3.05) is 5.32 Å². The molecular formula is C12H8Br3N3O. The Morgan fingerprint density at radius 3 is 2.68 bits per heavy atom. The van der Waals surface area contributed by atoms with Crippen molar-refractivity contribution in [2.45, 2.75) is 6.92 Å². The Labute approximate surface area is 135 Å². The summed E-state index contributed by atoms with van der Waals surface area (Å²) in [7, 11) is 0. The topological polar surface area (TPSA) is 54.9 Å². The molecule has 98 valence electrons. The van der Waals surface area contributed by atoms with Crippen LogP contribution in [0.3, 0.4) is 0 Å². The first kappa shape index (κ1) is 14.6. The Kier molecular flexibility index (Phi) is 4.70. The molecule has 1 N–H and O–H groups in total. The fraction of sp³-hybridized carbons (Fsp3) is 0.0833. The molecule has 1 aromatic carbocycles. The SMILES string of the molecule is Cc1c(Br)cccc1C(=O)Nc1ncc(Br)nc1Br. The Bertz CT molecular complexity index is 646. The number of carbonyl (C=O) groups excluding carboxylic acids is 1. The maximum Gasteiger partial charge on any atom is 0.257 e. The molecule has 0 saturated heterocycles. The fourth-order valence-corrected chi connectivity index (χ4v) is 2.74. The minimum Gasteiger partial charge on any atom is -0.304 e. The van der Waals surface area contributed by atoms with Crippen molar-refractivity contribution in [1.82, 2.24) is 9.97 Å². The minimum atomic E-state index is -0.226. The summed E-state index contributed by atoms with van der Waals surface area (Å²) in [6, 6.07) is 5.46. The molecule has 0 spiro atoms. The van der Waals surface area contributed by atoms with Crippen LogP contribution >= 0.6 is 47.8 Å². The van der Waals surface area contributed by atoms with Gasteiger partial charge in [-0.1, -0.05) is 22.0 Å². The monoisotopic (exact) mass is 447 g/mol. The molecular weight excluding hydrogens is 442 g/mol. The van der Waals surface area contributed by atoms with Crippen LogP contribution in [-0.4, -0.2) is 15.9 Å². The van der Waals surface area contributed by atoms with Gasteiger partial charge < -0.3 is 5.32 Å². The van der Waals surface area contributed by atoms with Crippen molar-refractivity contribution in [3.63, 3.8) is 0 Å². The molecule has 0 bridgehead atoms. The van der Waals surface area contributed by atoms with Gasteiger partial charge in [-0.15, -0.1) is 0 Å². The van der Waals surface area contributed by atoms with Gasteiger partial charge in [0, 0.05) is 10.0 Å². The van der Waals surface area contributed by atoms with E-state index in [9.17, 15) is 4.79 Å². The van der Waals surface area contributed by atoms with E-state index in [0.29, 0.717) is 20.6 Å². The minimum absolute atomic E-state index is 0.226. The summed E-state index contributed by atoms with van der Waals surface area (Å²) in [4.78, 5) is 20.4. The van der Waals surface area contributed by atoms with Crippen molar-refractivity contribution in [3.05, 3.63) is 49.2 Å². The first-order valence-corrected chi connectivity index (χ1v) is 7.61. The lowest BCUT2D eigenvalue weighted by Crippen LogP contribution is -2.15. The number of hydrogen-bond acceptors (Lipinski definition) is 3. The molecule has 0 aliphatic heterocycles. The molecule has 4 nitrogen and oxygen atoms in total. The molecule has 7 heteroatoms. The van der Waals surface area contributed by atoms with Crippen molar-refractivity contribution in [3.8, 4) is 0 Å². The number of nitrogens with zero attached hydrogens (tertiary/aromatic N) is 2. The summed E-state index contributed by atoms with van der Waals surface area (Å²) in [5.41, 5.74) is 1.46. The zero-order valence-corrected chi connectivity index (χ0v) is 14.5. The third kappa shape index (κ3) is 3.40. The molecule has 0 fully saturated rings. The molecule has 2 rings (SSSR count). The van der Waals surface area contributed by atoms with Crippen LogP contribution in [0.1, 0.15) is 15.9 Å². The third-order valence-electron chi connectivity index (χ3n) is 2.44. The van der Waals surface area contributed by atoms with Gasteiger partial charge >= 0.3 is 0 Å². The first-order chi connectivity index (χ1) is 8.99. The van der Waals surface area contributed by atoms with Crippen LogP contribution in [0, 0.1) is 6.92 Å². The molecule has 0 saturated carbocycles. The maximum absolute atomic E-state index is 12.2. The van der Waals surface area contributed by atoms with Gasteiger partial charge in [-0.2, -0.15) is 0 Å². The van der Waals surface area contributed by atoms with E-state index in [0.717, 1.165) is 10.0 Å². The third-order valence-corrected chi connectivity index (χ3v) is 4.24. The molecule has 0 radical (unpaired) electrons. The van der Waals surface area contributed by atoms with Crippen molar-refractivity contribution in [2.24, 2.45) is 0 Å². The molecule has 1 amide bonds. The highest BCUT2D eigenvalue weighted by molar-refractivity contribution is 9.11. The summed E-state index contributed by atoms with van der Waals surface area (Å²) < 4.78 is 1.96. The second-order valence-electron chi connectivity index (χ2n) is 3.70. The standard InChI is InChI=1S/C12H8Br3N3O/c1-6-7(3-2-4-8(6)13)12(19)18-11-10(15)17-9(14)5-16-11/h2-5H,1H3,(H,16,18,19). The van der Waals surface area contributed by atoms with E-state index in [2.05, 4.69) is 63.1 Å². The highest BCUT2D eigenvalue weighted by atomic mass is 79.9. The van der Waals surface area contributed by atoms with Crippen molar-refractivity contribution < 1.29 is 4.79 Å². The van der Waals surface area contributed by atoms with Gasteiger partial charge in [0.05, 0.1) is 6.20 Å². The van der Waals surface area contributed by atoms with E-state index in [-0.39, 0.29) is 5.91 Å². The van der Waals surface area contributed by atoms with Gasteiger partial charge in [0.1, 0.15) is 9.21 Å². The molecule has 0 unspecified atom stereocenters. The highest BCUT2D eigenvalue weighted by Gasteiger charge is 2.13. The second-order valence-corrected chi connectivity index (χ2v) is 6.12. The summed E-state index contributed by atoms with van der Waals surface area (Å²) in [6.45, 7) is 1.88. The van der Waals surface area contributed by atoms with E-state index in [1.165, 1.54) is 6.20 Å². The Morgan fingerprint density at radius 2 is 2.00 bits per heavy atom. The molecule has 0 aliphatic carbocycles. The van der Waals surface area contributed by atoms with Crippen LogP contribution in [0.5, 0.6) is 0 Å². The number of rotatable bonds is 2. The van der Waals surface area contributed by atoms with Crippen LogP contribution < -0.4 is 5.32 Å². The smallest absolute Gasteiger partial charge is 0.257 e. The number of aromatic nitrogens is 2. The zero-order valence-electron chi connectivity index (χ0n) is 9.75. The van der Waals surface area contributed by atoms with E-state index in [4.69, 9.17) is 0 Å². The largest absolute Gasteiger partial charge is 0.304 e. The van der Waals surface area contributed by atoms with E-state index in [1.807, 2.05) is 19.1 Å². The van der Waals surface area contributed by atoms with E-state index in [1.54, 1.807) is 6.07 Å². The second kappa shape index (κ2) is 6.11. The van der Waals surface area contributed by atoms with E-state index < -0.39 is 0 Å². The normalized spacial score (nSPS) is 10.3. The number of carbonyl (C=O) groups is 1. The molecule has 0 aliphatic rings. The zero-order chi connectivity index (χ0) is 14.0. The Balaban J connectivity index is 2.28. The van der Waals surface area contributed by atoms with Gasteiger partial charge in [0.25, 0.3) is 5.91 Å². The lowest BCUT2D eigenvalue weighted by atomic mass is 10.1. The number of benzene rings is 1. The maximum atomic E-state index is 12.2. The lowest BCUT2D eigenvalue weighted by molar-refractivity contribution is 0.102. The first-order valence-electron chi connectivity index (χ1n) is 5.23.